The van der Waals surface area contributed by atoms with Gasteiger partial charge in [-0.2, -0.15) is 0 Å². The molecular formula is C14H17NO. The second-order valence-electron chi connectivity index (χ2n) is 4.43. The highest BCUT2D eigenvalue weighted by atomic mass is 16.1. The Labute approximate surface area is 96.4 Å². The predicted octanol–water partition coefficient (Wildman–Crippen LogP) is 2.53. The van der Waals surface area contributed by atoms with Crippen molar-refractivity contribution < 1.29 is 4.79 Å². The molecule has 0 bridgehead atoms. The zero-order valence-corrected chi connectivity index (χ0v) is 9.62. The lowest BCUT2D eigenvalue weighted by molar-refractivity contribution is 0.565. The van der Waals surface area contributed by atoms with Crippen molar-refractivity contribution in [1.29, 1.82) is 0 Å². The van der Waals surface area contributed by atoms with Gasteiger partial charge in [0.2, 0.25) is 0 Å². The summed E-state index contributed by atoms with van der Waals surface area (Å²) >= 11 is 0. The minimum absolute atomic E-state index is 0.478. The predicted molar refractivity (Wildman–Crippen MR) is 65.5 cm³/mol. The van der Waals surface area contributed by atoms with Crippen molar-refractivity contribution in [3.8, 4) is 0 Å². The topological polar surface area (TPSA) is 29.1 Å². The lowest BCUT2D eigenvalue weighted by atomic mass is 9.99. The minimum atomic E-state index is 0.478. The van der Waals surface area contributed by atoms with E-state index in [2.05, 4.69) is 30.3 Å². The van der Waals surface area contributed by atoms with Crippen LogP contribution in [0.2, 0.25) is 0 Å². The molecule has 0 aromatic carbocycles. The van der Waals surface area contributed by atoms with Gasteiger partial charge >= 0.3 is 0 Å². The minimum Gasteiger partial charge on any atom is -0.391 e. The normalized spacial score (nSPS) is 29.1. The summed E-state index contributed by atoms with van der Waals surface area (Å²) in [4.78, 5) is 11.0. The quantitative estimate of drug-likeness (QED) is 0.717. The van der Waals surface area contributed by atoms with Gasteiger partial charge in [0.05, 0.1) is 0 Å². The molecule has 1 aliphatic heterocycles. The Morgan fingerprint density at radius 2 is 2.25 bits per heavy atom. The van der Waals surface area contributed by atoms with Crippen LogP contribution in [-0.4, -0.2) is 12.5 Å². The van der Waals surface area contributed by atoms with Gasteiger partial charge in [0.1, 0.15) is 5.94 Å². The number of hydrogen-bond acceptors (Lipinski definition) is 2. The third kappa shape index (κ3) is 2.74. The van der Waals surface area contributed by atoms with Gasteiger partial charge in [-0.05, 0) is 55.5 Å². The van der Waals surface area contributed by atoms with Crippen molar-refractivity contribution in [3.05, 3.63) is 41.1 Å². The Kier molecular flexibility index (Phi) is 3.43. The van der Waals surface area contributed by atoms with E-state index in [1.807, 2.05) is 12.3 Å². The number of allylic oxidation sites excluding steroid dienone is 5. The van der Waals surface area contributed by atoms with Gasteiger partial charge in [-0.3, -0.25) is 0 Å². The van der Waals surface area contributed by atoms with Crippen LogP contribution in [0.5, 0.6) is 0 Å². The molecule has 1 fully saturated rings. The first kappa shape index (κ1) is 11.0. The average molecular weight is 215 g/mol. The van der Waals surface area contributed by atoms with E-state index < -0.39 is 0 Å². The molecular weight excluding hydrogens is 198 g/mol. The van der Waals surface area contributed by atoms with E-state index in [0.29, 0.717) is 5.92 Å². The molecule has 1 N–H and O–H groups in total. The number of carbonyl (C=O) groups excluding carboxylic acids is 1. The molecule has 84 valence electrons. The van der Waals surface area contributed by atoms with E-state index in [9.17, 15) is 4.79 Å². The van der Waals surface area contributed by atoms with Crippen molar-refractivity contribution in [2.24, 2.45) is 5.92 Å². The first-order valence-corrected chi connectivity index (χ1v) is 5.84. The molecule has 0 spiro atoms. The fraction of sp³-hybridized carbons (Fsp3) is 0.429. The van der Waals surface area contributed by atoms with E-state index in [0.717, 1.165) is 37.0 Å². The Morgan fingerprint density at radius 1 is 1.44 bits per heavy atom. The van der Waals surface area contributed by atoms with E-state index in [1.165, 1.54) is 5.57 Å². The lowest BCUT2D eigenvalue weighted by Gasteiger charge is -2.07. The molecule has 0 aromatic rings. The van der Waals surface area contributed by atoms with Crippen LogP contribution in [0, 0.1) is 5.92 Å². The first-order chi connectivity index (χ1) is 7.81. The maximum absolute atomic E-state index is 11.0. The van der Waals surface area contributed by atoms with Gasteiger partial charge in [0.15, 0.2) is 0 Å². The van der Waals surface area contributed by atoms with Gasteiger partial charge in [-0.15, -0.1) is 0 Å². The van der Waals surface area contributed by atoms with Gasteiger partial charge in [0.25, 0.3) is 0 Å². The molecule has 1 saturated carbocycles. The van der Waals surface area contributed by atoms with Crippen LogP contribution in [0.1, 0.15) is 26.2 Å². The molecule has 2 aliphatic rings. The smallest absolute Gasteiger partial charge is 0.128 e. The molecule has 1 heterocycles. The molecule has 0 unspecified atom stereocenters. The monoisotopic (exact) mass is 215 g/mol. The van der Waals surface area contributed by atoms with Gasteiger partial charge in [0, 0.05) is 12.1 Å². The van der Waals surface area contributed by atoms with E-state index in [-0.39, 0.29) is 0 Å². The third-order valence-corrected chi connectivity index (χ3v) is 2.99. The highest BCUT2D eigenvalue weighted by molar-refractivity contribution is 5.63. The molecule has 0 atom stereocenters. The van der Waals surface area contributed by atoms with Crippen LogP contribution in [0.25, 0.3) is 0 Å². The highest BCUT2D eigenvalue weighted by Crippen LogP contribution is 2.39. The molecule has 16 heavy (non-hydrogen) atoms. The summed E-state index contributed by atoms with van der Waals surface area (Å²) in [6.07, 6.45) is 11.3. The number of hydrogen-bond donors (Lipinski definition) is 1. The summed E-state index contributed by atoms with van der Waals surface area (Å²) in [5.41, 5.74) is 3.23. The standard InChI is InChI=1S/C14H17NO/c1-11-2-3-13(7-9-15-8-6-11)14(10-16)12-4-5-12/h2-3,6,8,12,15H,4-5,7,9H2,1H3/b8-6+,11-2-,13-3-. The molecule has 0 aromatic heterocycles. The summed E-state index contributed by atoms with van der Waals surface area (Å²) in [5.74, 6) is 2.62. The second-order valence-corrected chi connectivity index (χ2v) is 4.43. The fourth-order valence-electron chi connectivity index (χ4n) is 1.86. The molecule has 0 saturated heterocycles. The number of nitrogens with one attached hydrogen (secondary N) is 1. The van der Waals surface area contributed by atoms with Crippen LogP contribution in [0.3, 0.4) is 0 Å². The molecule has 0 amide bonds. The Hall–Kier alpha value is -1.53. The Bertz CT molecular complexity index is 404. The molecule has 0 radical (unpaired) electrons. The fourth-order valence-corrected chi connectivity index (χ4v) is 1.86. The summed E-state index contributed by atoms with van der Waals surface area (Å²) < 4.78 is 0. The molecule has 1 aliphatic carbocycles. The van der Waals surface area contributed by atoms with Gasteiger partial charge in [-0.1, -0.05) is 12.2 Å². The third-order valence-electron chi connectivity index (χ3n) is 2.99. The second kappa shape index (κ2) is 5.00. The van der Waals surface area contributed by atoms with Crippen molar-refractivity contribution in [2.75, 3.05) is 6.54 Å². The van der Waals surface area contributed by atoms with Crippen LogP contribution in [0.4, 0.5) is 0 Å². The number of rotatable bonds is 2. The zero-order chi connectivity index (χ0) is 11.4. The highest BCUT2D eigenvalue weighted by Gasteiger charge is 2.28. The maximum Gasteiger partial charge on any atom is 0.128 e. The lowest BCUT2D eigenvalue weighted by Crippen LogP contribution is -2.08. The Morgan fingerprint density at radius 3 is 2.94 bits per heavy atom. The Balaban J connectivity index is 2.23. The molecule has 2 heteroatoms. The summed E-state index contributed by atoms with van der Waals surface area (Å²) in [7, 11) is 0. The van der Waals surface area contributed by atoms with Gasteiger partial charge in [-0.25, -0.2) is 4.79 Å². The molecule has 2 nitrogen and oxygen atoms in total. The van der Waals surface area contributed by atoms with E-state index in [4.69, 9.17) is 0 Å². The van der Waals surface area contributed by atoms with Crippen molar-refractivity contribution in [3.63, 3.8) is 0 Å². The maximum atomic E-state index is 11.0. The van der Waals surface area contributed by atoms with Crippen molar-refractivity contribution in [2.45, 2.75) is 26.2 Å². The summed E-state index contributed by atoms with van der Waals surface area (Å²) in [5, 5.41) is 3.22. The SMILES string of the molecule is CC1=C/C=C(\C(=C=O)C2CC2)CCN\C=C\1. The largest absolute Gasteiger partial charge is 0.391 e. The van der Waals surface area contributed by atoms with Crippen LogP contribution < -0.4 is 5.32 Å². The van der Waals surface area contributed by atoms with Crippen molar-refractivity contribution in [1.82, 2.24) is 5.32 Å². The van der Waals surface area contributed by atoms with Crippen LogP contribution >= 0.6 is 0 Å². The zero-order valence-electron chi connectivity index (χ0n) is 9.62. The van der Waals surface area contributed by atoms with Crippen molar-refractivity contribution >= 4 is 5.94 Å². The summed E-state index contributed by atoms with van der Waals surface area (Å²) in [6, 6.07) is 0. The van der Waals surface area contributed by atoms with Crippen LogP contribution in [-0.2, 0) is 4.79 Å². The van der Waals surface area contributed by atoms with Crippen LogP contribution in [0.15, 0.2) is 41.1 Å². The van der Waals surface area contributed by atoms with Gasteiger partial charge < -0.3 is 5.32 Å². The van der Waals surface area contributed by atoms with E-state index in [1.54, 1.807) is 0 Å². The summed E-state index contributed by atoms with van der Waals surface area (Å²) in [6.45, 7) is 2.93. The van der Waals surface area contributed by atoms with E-state index >= 15 is 0 Å². The molecule has 2 rings (SSSR count). The first-order valence-electron chi connectivity index (χ1n) is 5.84. The average Bonchev–Trinajstić information content (AvgIpc) is 3.08.